The predicted molar refractivity (Wildman–Crippen MR) is 78.3 cm³/mol. The Labute approximate surface area is 122 Å². The van der Waals surface area contributed by atoms with Crippen LogP contribution in [0.2, 0.25) is 0 Å². The summed E-state index contributed by atoms with van der Waals surface area (Å²) in [6.45, 7) is 7.59. The van der Waals surface area contributed by atoms with E-state index < -0.39 is 0 Å². The fourth-order valence-corrected chi connectivity index (χ4v) is 2.25. The summed E-state index contributed by atoms with van der Waals surface area (Å²) in [4.78, 5) is 13.8. The van der Waals surface area contributed by atoms with Crippen molar-refractivity contribution in [3.05, 3.63) is 34.1 Å². The molecule has 1 unspecified atom stereocenters. The van der Waals surface area contributed by atoms with Crippen LogP contribution in [0.25, 0.3) is 0 Å². The second-order valence-electron chi connectivity index (χ2n) is 4.33. The SMILES string of the molecule is CCN(CC)C(=O)C(C)NCc1cccc(F)c1Br. The normalized spacial score (nSPS) is 12.3. The van der Waals surface area contributed by atoms with Gasteiger partial charge in [0.2, 0.25) is 5.91 Å². The summed E-state index contributed by atoms with van der Waals surface area (Å²) in [5.74, 6) is -0.223. The Hall–Kier alpha value is -0.940. The van der Waals surface area contributed by atoms with Crippen LogP contribution in [0, 0.1) is 5.82 Å². The van der Waals surface area contributed by atoms with Crippen LogP contribution in [0.1, 0.15) is 26.3 Å². The van der Waals surface area contributed by atoms with Crippen LogP contribution < -0.4 is 5.32 Å². The quantitative estimate of drug-likeness (QED) is 0.869. The molecule has 106 valence electrons. The van der Waals surface area contributed by atoms with Gasteiger partial charge >= 0.3 is 0 Å². The number of benzene rings is 1. The first-order valence-corrected chi connectivity index (χ1v) is 7.25. The first-order chi connectivity index (χ1) is 9.01. The third-order valence-electron chi connectivity index (χ3n) is 3.08. The molecule has 3 nitrogen and oxygen atoms in total. The van der Waals surface area contributed by atoms with Crippen molar-refractivity contribution in [2.45, 2.75) is 33.4 Å². The molecule has 0 saturated carbocycles. The minimum absolute atomic E-state index is 0.0672. The first-order valence-electron chi connectivity index (χ1n) is 6.46. The number of rotatable bonds is 6. The highest BCUT2D eigenvalue weighted by Crippen LogP contribution is 2.20. The van der Waals surface area contributed by atoms with Gasteiger partial charge in [0.25, 0.3) is 0 Å². The summed E-state index contributed by atoms with van der Waals surface area (Å²) >= 11 is 3.21. The molecule has 1 aromatic rings. The molecule has 0 radical (unpaired) electrons. The van der Waals surface area contributed by atoms with E-state index in [2.05, 4.69) is 21.2 Å². The maximum absolute atomic E-state index is 13.3. The Bertz CT molecular complexity index is 435. The van der Waals surface area contributed by atoms with Gasteiger partial charge in [0.15, 0.2) is 0 Å². The molecule has 1 N–H and O–H groups in total. The molecule has 1 amide bonds. The van der Waals surface area contributed by atoms with E-state index in [1.54, 1.807) is 11.0 Å². The Morgan fingerprint density at radius 1 is 1.42 bits per heavy atom. The zero-order valence-corrected chi connectivity index (χ0v) is 13.1. The van der Waals surface area contributed by atoms with Gasteiger partial charge in [0.1, 0.15) is 5.82 Å². The highest BCUT2D eigenvalue weighted by molar-refractivity contribution is 9.10. The molecule has 0 bridgehead atoms. The minimum atomic E-state index is -0.290. The highest BCUT2D eigenvalue weighted by atomic mass is 79.9. The minimum Gasteiger partial charge on any atom is -0.342 e. The average Bonchev–Trinajstić information content (AvgIpc) is 2.41. The molecule has 5 heteroatoms. The Morgan fingerprint density at radius 2 is 2.05 bits per heavy atom. The molecule has 0 aromatic heterocycles. The molecule has 1 rings (SSSR count). The van der Waals surface area contributed by atoms with Crippen LogP contribution in [-0.2, 0) is 11.3 Å². The summed E-state index contributed by atoms with van der Waals surface area (Å²) < 4.78 is 13.8. The standard InChI is InChI=1S/C14H20BrFN2O/c1-4-18(5-2)14(19)10(3)17-9-11-7-6-8-12(16)13(11)15/h6-8,10,17H,4-5,9H2,1-3H3. The van der Waals surface area contributed by atoms with E-state index in [1.807, 2.05) is 26.8 Å². The van der Waals surface area contributed by atoms with Crippen LogP contribution in [0.4, 0.5) is 4.39 Å². The van der Waals surface area contributed by atoms with Gasteiger partial charge in [-0.3, -0.25) is 4.79 Å². The van der Waals surface area contributed by atoms with Gasteiger partial charge in [-0.25, -0.2) is 4.39 Å². The number of carbonyl (C=O) groups is 1. The van der Waals surface area contributed by atoms with Crippen molar-refractivity contribution in [3.63, 3.8) is 0 Å². The van der Waals surface area contributed by atoms with E-state index in [0.717, 1.165) is 5.56 Å². The molecular formula is C14H20BrFN2O. The lowest BCUT2D eigenvalue weighted by Crippen LogP contribution is -2.44. The molecule has 0 aliphatic carbocycles. The van der Waals surface area contributed by atoms with Crippen LogP contribution in [0.3, 0.4) is 0 Å². The number of halogens is 2. The first kappa shape index (κ1) is 16.1. The van der Waals surface area contributed by atoms with Crippen LogP contribution in [0.5, 0.6) is 0 Å². The molecule has 0 fully saturated rings. The van der Waals surface area contributed by atoms with Crippen molar-refractivity contribution in [1.82, 2.24) is 10.2 Å². The fraction of sp³-hybridized carbons (Fsp3) is 0.500. The van der Waals surface area contributed by atoms with Crippen molar-refractivity contribution in [3.8, 4) is 0 Å². The smallest absolute Gasteiger partial charge is 0.239 e. The third kappa shape index (κ3) is 4.28. The summed E-state index contributed by atoms with van der Waals surface area (Å²) in [5.41, 5.74) is 0.805. The topological polar surface area (TPSA) is 32.3 Å². The van der Waals surface area contributed by atoms with E-state index in [-0.39, 0.29) is 17.8 Å². The maximum Gasteiger partial charge on any atom is 0.239 e. The average molecular weight is 331 g/mol. The molecule has 0 aliphatic rings. The zero-order chi connectivity index (χ0) is 14.4. The second-order valence-corrected chi connectivity index (χ2v) is 5.12. The zero-order valence-electron chi connectivity index (χ0n) is 11.5. The van der Waals surface area contributed by atoms with E-state index >= 15 is 0 Å². The lowest BCUT2D eigenvalue weighted by Gasteiger charge is -2.23. The second kappa shape index (κ2) is 7.60. The van der Waals surface area contributed by atoms with E-state index in [9.17, 15) is 9.18 Å². The van der Waals surface area contributed by atoms with Gasteiger partial charge in [0, 0.05) is 19.6 Å². The lowest BCUT2D eigenvalue weighted by atomic mass is 10.2. The number of nitrogens with zero attached hydrogens (tertiary/aromatic N) is 1. The van der Waals surface area contributed by atoms with E-state index in [1.165, 1.54) is 6.07 Å². The fourth-order valence-electron chi connectivity index (χ4n) is 1.84. The van der Waals surface area contributed by atoms with Crippen molar-refractivity contribution in [2.75, 3.05) is 13.1 Å². The predicted octanol–water partition coefficient (Wildman–Crippen LogP) is 2.93. The molecule has 0 saturated heterocycles. The third-order valence-corrected chi connectivity index (χ3v) is 3.96. The van der Waals surface area contributed by atoms with Gasteiger partial charge in [-0.05, 0) is 48.3 Å². The van der Waals surface area contributed by atoms with E-state index in [0.29, 0.717) is 24.1 Å². The molecule has 0 aliphatic heterocycles. The lowest BCUT2D eigenvalue weighted by molar-refractivity contribution is -0.132. The molecule has 1 atom stereocenters. The van der Waals surface area contributed by atoms with Gasteiger partial charge in [-0.2, -0.15) is 0 Å². The monoisotopic (exact) mass is 330 g/mol. The van der Waals surface area contributed by atoms with Crippen LogP contribution >= 0.6 is 15.9 Å². The summed E-state index contributed by atoms with van der Waals surface area (Å²) in [7, 11) is 0. The van der Waals surface area contributed by atoms with Gasteiger partial charge in [-0.1, -0.05) is 12.1 Å². The van der Waals surface area contributed by atoms with E-state index in [4.69, 9.17) is 0 Å². The van der Waals surface area contributed by atoms with Gasteiger partial charge in [0.05, 0.1) is 10.5 Å². The maximum atomic E-state index is 13.3. The number of carbonyl (C=O) groups excluding carboxylic acids is 1. The van der Waals surface area contributed by atoms with Gasteiger partial charge < -0.3 is 10.2 Å². The molecule has 0 spiro atoms. The summed E-state index contributed by atoms with van der Waals surface area (Å²) in [5, 5.41) is 3.13. The number of hydrogen-bond acceptors (Lipinski definition) is 2. The number of amides is 1. The van der Waals surface area contributed by atoms with Crippen molar-refractivity contribution < 1.29 is 9.18 Å². The largest absolute Gasteiger partial charge is 0.342 e. The number of likely N-dealkylation sites (N-methyl/N-ethyl adjacent to an activating group) is 1. The Morgan fingerprint density at radius 3 is 2.63 bits per heavy atom. The molecular weight excluding hydrogens is 311 g/mol. The number of nitrogens with one attached hydrogen (secondary N) is 1. The summed E-state index contributed by atoms with van der Waals surface area (Å²) in [6, 6.07) is 4.61. The Kier molecular flexibility index (Phi) is 6.45. The van der Waals surface area contributed by atoms with Crippen molar-refractivity contribution in [1.29, 1.82) is 0 Å². The molecule has 0 heterocycles. The Balaban J connectivity index is 2.61. The summed E-state index contributed by atoms with van der Waals surface area (Å²) in [6.07, 6.45) is 0. The van der Waals surface area contributed by atoms with Crippen molar-refractivity contribution in [2.24, 2.45) is 0 Å². The van der Waals surface area contributed by atoms with Gasteiger partial charge in [-0.15, -0.1) is 0 Å². The van der Waals surface area contributed by atoms with Crippen LogP contribution in [-0.4, -0.2) is 29.9 Å². The van der Waals surface area contributed by atoms with Crippen LogP contribution in [0.15, 0.2) is 22.7 Å². The van der Waals surface area contributed by atoms with Crippen molar-refractivity contribution >= 4 is 21.8 Å². The molecule has 19 heavy (non-hydrogen) atoms. The molecule has 1 aromatic carbocycles. The number of hydrogen-bond donors (Lipinski definition) is 1. The highest BCUT2D eigenvalue weighted by Gasteiger charge is 2.17.